The maximum atomic E-state index is 12.6. The number of nitriles is 1. The molecule has 0 aliphatic heterocycles. The third-order valence-electron chi connectivity index (χ3n) is 5.19. The van der Waals surface area contributed by atoms with Crippen LogP contribution in [-0.2, 0) is 5.75 Å². The number of imidazole rings is 1. The molecule has 0 radical (unpaired) electrons. The third-order valence-corrected chi connectivity index (χ3v) is 6.24. The van der Waals surface area contributed by atoms with Crippen molar-refractivity contribution in [2.24, 2.45) is 0 Å². The number of rotatable bonds is 5. The van der Waals surface area contributed by atoms with Crippen LogP contribution in [0, 0.1) is 11.3 Å². The molecule has 1 aliphatic carbocycles. The number of hydrogen-bond acceptors (Lipinski definition) is 4. The van der Waals surface area contributed by atoms with Crippen LogP contribution in [0.1, 0.15) is 48.2 Å². The summed E-state index contributed by atoms with van der Waals surface area (Å²) in [5.41, 5.74) is 1.86. The van der Waals surface area contributed by atoms with Gasteiger partial charge in [-0.15, -0.1) is 11.8 Å². The van der Waals surface area contributed by atoms with Gasteiger partial charge in [-0.1, -0.05) is 25.3 Å². The Hall–Kier alpha value is -2.78. The smallest absolute Gasteiger partial charge is 0.252 e. The summed E-state index contributed by atoms with van der Waals surface area (Å²) in [6.45, 7) is 0. The van der Waals surface area contributed by atoms with Gasteiger partial charge in [-0.05, 0) is 49.2 Å². The minimum absolute atomic E-state index is 0.166. The Labute approximate surface area is 168 Å². The summed E-state index contributed by atoms with van der Waals surface area (Å²) in [4.78, 5) is 18.3. The minimum Gasteiger partial charge on any atom is -0.334 e. The summed E-state index contributed by atoms with van der Waals surface area (Å²) in [6, 6.07) is 15.9. The summed E-state index contributed by atoms with van der Waals surface area (Å²) in [5, 5.41) is 12.5. The number of nitrogens with one attached hydrogen (secondary N) is 1. The topological polar surface area (TPSA) is 70.2 Å². The number of nitrogens with zero attached hydrogens (tertiary/aromatic N) is 3. The van der Waals surface area contributed by atoms with Crippen molar-refractivity contribution in [1.82, 2.24) is 14.7 Å². The predicted octanol–water partition coefficient (Wildman–Crippen LogP) is 4.58. The second-order valence-corrected chi connectivity index (χ2v) is 8.27. The summed E-state index contributed by atoms with van der Waals surface area (Å²) >= 11 is 1.69. The molecule has 1 amide bonds. The standard InChI is InChI=1S/C22H22N4OS/c23-16-22(11-3-1-4-12-22)25-21(27)17-7-9-19(10-8-17)28-15-18-14-26-13-5-2-6-20(26)24-18/h2,5-10,13-14H,1,3-4,11-12,15H2,(H,25,27). The van der Waals surface area contributed by atoms with E-state index in [1.165, 1.54) is 0 Å². The lowest BCUT2D eigenvalue weighted by atomic mass is 9.82. The zero-order valence-electron chi connectivity index (χ0n) is 15.6. The van der Waals surface area contributed by atoms with Crippen LogP contribution in [0.2, 0.25) is 0 Å². The maximum Gasteiger partial charge on any atom is 0.252 e. The molecule has 0 atom stereocenters. The largest absolute Gasteiger partial charge is 0.334 e. The predicted molar refractivity (Wildman–Crippen MR) is 110 cm³/mol. The zero-order chi connectivity index (χ0) is 19.4. The van der Waals surface area contributed by atoms with Gasteiger partial charge < -0.3 is 9.72 Å². The quantitative estimate of drug-likeness (QED) is 0.647. The Kier molecular flexibility index (Phi) is 5.36. The number of fused-ring (bicyclic) bond motifs is 1. The summed E-state index contributed by atoms with van der Waals surface area (Å²) in [5.74, 6) is 0.602. The fraction of sp³-hybridized carbons (Fsp3) is 0.318. The Morgan fingerprint density at radius 1 is 1.18 bits per heavy atom. The van der Waals surface area contributed by atoms with Crippen LogP contribution in [-0.4, -0.2) is 20.8 Å². The molecule has 3 aromatic rings. The molecule has 1 saturated carbocycles. The van der Waals surface area contributed by atoms with Gasteiger partial charge in [0.25, 0.3) is 5.91 Å². The Morgan fingerprint density at radius 2 is 1.96 bits per heavy atom. The Balaban J connectivity index is 1.38. The molecular formula is C22H22N4OS. The van der Waals surface area contributed by atoms with Crippen molar-refractivity contribution in [3.05, 3.63) is 66.1 Å². The van der Waals surface area contributed by atoms with Gasteiger partial charge in [-0.2, -0.15) is 5.26 Å². The van der Waals surface area contributed by atoms with Gasteiger partial charge in [0.05, 0.1) is 11.8 Å². The van der Waals surface area contributed by atoms with Crippen LogP contribution in [0.25, 0.3) is 5.65 Å². The molecule has 0 unspecified atom stereocenters. The first kappa shape index (κ1) is 18.6. The van der Waals surface area contributed by atoms with Crippen LogP contribution in [0.15, 0.2) is 59.8 Å². The van der Waals surface area contributed by atoms with Crippen LogP contribution >= 0.6 is 11.8 Å². The molecule has 0 spiro atoms. The first-order chi connectivity index (χ1) is 13.7. The van der Waals surface area contributed by atoms with Gasteiger partial charge in [0.1, 0.15) is 11.2 Å². The van der Waals surface area contributed by atoms with Crippen LogP contribution < -0.4 is 5.32 Å². The van der Waals surface area contributed by atoms with Gasteiger partial charge in [-0.25, -0.2) is 4.98 Å². The maximum absolute atomic E-state index is 12.6. The first-order valence-electron chi connectivity index (χ1n) is 9.57. The molecule has 4 rings (SSSR count). The van der Waals surface area contributed by atoms with Gasteiger partial charge in [0.2, 0.25) is 0 Å². The molecule has 1 N–H and O–H groups in total. The van der Waals surface area contributed by atoms with Crippen molar-refractivity contribution in [3.63, 3.8) is 0 Å². The van der Waals surface area contributed by atoms with Gasteiger partial charge in [0, 0.05) is 28.6 Å². The first-order valence-corrected chi connectivity index (χ1v) is 10.6. The van der Waals surface area contributed by atoms with Crippen LogP contribution in [0.3, 0.4) is 0 Å². The highest BCUT2D eigenvalue weighted by Crippen LogP contribution is 2.28. The number of pyridine rings is 1. The SMILES string of the molecule is N#CC1(NC(=O)c2ccc(SCc3cn4ccccc4n3)cc2)CCCCC1. The molecule has 5 nitrogen and oxygen atoms in total. The van der Waals surface area contributed by atoms with Crippen molar-refractivity contribution >= 4 is 23.3 Å². The number of aromatic nitrogens is 2. The molecule has 2 heterocycles. The molecule has 0 saturated heterocycles. The number of carbonyl (C=O) groups is 1. The van der Waals surface area contributed by atoms with E-state index in [0.29, 0.717) is 5.56 Å². The van der Waals surface area contributed by atoms with Crippen molar-refractivity contribution in [2.75, 3.05) is 0 Å². The number of hydrogen-bond donors (Lipinski definition) is 1. The fourth-order valence-corrected chi connectivity index (χ4v) is 4.41. The number of benzene rings is 1. The van der Waals surface area contributed by atoms with E-state index in [1.54, 1.807) is 11.8 Å². The van der Waals surface area contributed by atoms with E-state index in [9.17, 15) is 10.1 Å². The van der Waals surface area contributed by atoms with Crippen LogP contribution in [0.5, 0.6) is 0 Å². The fourth-order valence-electron chi connectivity index (χ4n) is 3.63. The van der Waals surface area contributed by atoms with Crippen molar-refractivity contribution < 1.29 is 4.79 Å². The van der Waals surface area contributed by atoms with E-state index in [4.69, 9.17) is 0 Å². The molecular weight excluding hydrogens is 368 g/mol. The Bertz CT molecular complexity index is 980. The lowest BCUT2D eigenvalue weighted by Gasteiger charge is -2.31. The molecule has 28 heavy (non-hydrogen) atoms. The van der Waals surface area contributed by atoms with Gasteiger partial charge in [0.15, 0.2) is 0 Å². The number of thioether (sulfide) groups is 1. The normalized spacial score (nSPS) is 15.8. The molecule has 2 aromatic heterocycles. The monoisotopic (exact) mass is 390 g/mol. The molecule has 6 heteroatoms. The van der Waals surface area contributed by atoms with E-state index < -0.39 is 5.54 Å². The zero-order valence-corrected chi connectivity index (χ0v) is 16.4. The van der Waals surface area contributed by atoms with E-state index in [1.807, 2.05) is 59.3 Å². The number of amides is 1. The third kappa shape index (κ3) is 4.05. The highest BCUT2D eigenvalue weighted by molar-refractivity contribution is 7.98. The van der Waals surface area contributed by atoms with E-state index >= 15 is 0 Å². The van der Waals surface area contributed by atoms with Crippen molar-refractivity contribution in [1.29, 1.82) is 5.26 Å². The summed E-state index contributed by atoms with van der Waals surface area (Å²) < 4.78 is 2.01. The van der Waals surface area contributed by atoms with Crippen LogP contribution in [0.4, 0.5) is 0 Å². The lowest BCUT2D eigenvalue weighted by molar-refractivity contribution is 0.0902. The highest BCUT2D eigenvalue weighted by atomic mass is 32.2. The van der Waals surface area contributed by atoms with E-state index in [0.717, 1.165) is 54.1 Å². The van der Waals surface area contributed by atoms with Gasteiger partial charge >= 0.3 is 0 Å². The second kappa shape index (κ2) is 8.07. The van der Waals surface area contributed by atoms with Crippen molar-refractivity contribution in [2.45, 2.75) is 48.3 Å². The number of carbonyl (C=O) groups excluding carboxylic acids is 1. The van der Waals surface area contributed by atoms with Crippen molar-refractivity contribution in [3.8, 4) is 6.07 Å². The van der Waals surface area contributed by atoms with Gasteiger partial charge in [-0.3, -0.25) is 4.79 Å². The average Bonchev–Trinajstić information content (AvgIpc) is 3.16. The lowest BCUT2D eigenvalue weighted by Crippen LogP contribution is -2.48. The molecule has 0 bridgehead atoms. The molecule has 1 aliphatic rings. The van der Waals surface area contributed by atoms with E-state index in [2.05, 4.69) is 16.4 Å². The minimum atomic E-state index is -0.703. The highest BCUT2D eigenvalue weighted by Gasteiger charge is 2.33. The second-order valence-electron chi connectivity index (χ2n) is 7.22. The summed E-state index contributed by atoms with van der Waals surface area (Å²) in [6.07, 6.45) is 8.63. The molecule has 142 valence electrons. The Morgan fingerprint density at radius 3 is 2.68 bits per heavy atom. The summed E-state index contributed by atoms with van der Waals surface area (Å²) in [7, 11) is 0. The van der Waals surface area contributed by atoms with E-state index in [-0.39, 0.29) is 5.91 Å². The molecule has 1 fully saturated rings. The molecule has 1 aromatic carbocycles. The average molecular weight is 391 g/mol.